The second kappa shape index (κ2) is 8.90. The van der Waals surface area contributed by atoms with E-state index in [1.54, 1.807) is 32.0 Å². The van der Waals surface area contributed by atoms with Gasteiger partial charge in [-0.25, -0.2) is 18.9 Å². The lowest BCUT2D eigenvalue weighted by Gasteiger charge is -2.25. The van der Waals surface area contributed by atoms with E-state index in [9.17, 15) is 18.0 Å². The number of nitrogens with zero attached hydrogens (tertiary/aromatic N) is 2. The molecule has 0 spiro atoms. The highest BCUT2D eigenvalue weighted by Crippen LogP contribution is 2.22. The van der Waals surface area contributed by atoms with Crippen molar-refractivity contribution in [2.24, 2.45) is 5.73 Å². The number of nitrogens with one attached hydrogen (secondary N) is 1. The first-order valence-corrected chi connectivity index (χ1v) is 11.1. The number of carbonyl (C=O) groups is 1. The van der Waals surface area contributed by atoms with Gasteiger partial charge in [0.25, 0.3) is 11.5 Å². The Balaban J connectivity index is 2.34. The van der Waals surface area contributed by atoms with Crippen LogP contribution in [0.1, 0.15) is 32.8 Å². The molecule has 9 nitrogen and oxygen atoms in total. The van der Waals surface area contributed by atoms with E-state index in [2.05, 4.69) is 28.7 Å². The van der Waals surface area contributed by atoms with Gasteiger partial charge in [0.05, 0.1) is 22.8 Å². The van der Waals surface area contributed by atoms with Gasteiger partial charge >= 0.3 is 0 Å². The van der Waals surface area contributed by atoms with Crippen molar-refractivity contribution in [2.45, 2.75) is 44.0 Å². The lowest BCUT2D eigenvalue weighted by molar-refractivity contribution is -0.131. The highest BCUT2D eigenvalue weighted by Gasteiger charge is 2.43. The van der Waals surface area contributed by atoms with Gasteiger partial charge in [0.2, 0.25) is 0 Å². The van der Waals surface area contributed by atoms with Crippen molar-refractivity contribution in [3.05, 3.63) is 40.4 Å². The third-order valence-electron chi connectivity index (χ3n) is 4.71. The van der Waals surface area contributed by atoms with Crippen molar-refractivity contribution in [1.82, 2.24) is 15.0 Å². The van der Waals surface area contributed by atoms with E-state index in [-0.39, 0.29) is 13.0 Å². The molecule has 2 rings (SSSR count). The summed E-state index contributed by atoms with van der Waals surface area (Å²) in [6.07, 6.45) is 1.94. The first kappa shape index (κ1) is 24.1. The number of hydrogen-bond acceptors (Lipinski definition) is 7. The van der Waals surface area contributed by atoms with Crippen LogP contribution in [0, 0.1) is 23.7 Å². The third-order valence-corrected chi connectivity index (χ3v) is 6.74. The van der Waals surface area contributed by atoms with Crippen molar-refractivity contribution < 1.29 is 18.4 Å². The molecule has 1 heterocycles. The van der Waals surface area contributed by atoms with Gasteiger partial charge in [-0.1, -0.05) is 11.8 Å². The molecule has 2 aromatic rings. The van der Waals surface area contributed by atoms with Crippen LogP contribution in [0.5, 0.6) is 0 Å². The summed E-state index contributed by atoms with van der Waals surface area (Å²) in [5.74, 6) is 9.96. The monoisotopic (exact) mass is 444 g/mol. The van der Waals surface area contributed by atoms with Gasteiger partial charge in [-0.2, -0.15) is 0 Å². The molecule has 1 aromatic carbocycles. The predicted octanol–water partition coefficient (Wildman–Crippen LogP) is 0.188. The minimum absolute atomic E-state index is 0.0925. The average Bonchev–Trinajstić information content (AvgIpc) is 2.68. The number of aromatic nitrogens is 2. The zero-order valence-electron chi connectivity index (χ0n) is 17.7. The van der Waals surface area contributed by atoms with Crippen molar-refractivity contribution >= 4 is 26.6 Å². The molecule has 1 amide bonds. The maximum atomic E-state index is 12.8. The summed E-state index contributed by atoms with van der Waals surface area (Å²) in [5, 5.41) is 9.21. The maximum Gasteiger partial charge on any atom is 0.264 e. The number of amides is 1. The zero-order chi connectivity index (χ0) is 23.4. The number of hydrogen-bond donors (Lipinski definition) is 3. The first-order valence-electron chi connectivity index (χ1n) is 9.24. The van der Waals surface area contributed by atoms with E-state index in [0.29, 0.717) is 16.5 Å². The molecule has 31 heavy (non-hydrogen) atoms. The molecule has 0 saturated heterocycles. The fourth-order valence-electron chi connectivity index (χ4n) is 2.61. The number of nitrogens with two attached hydrogens (primary N) is 1. The molecule has 1 atom stereocenters. The molecular weight excluding hydrogens is 420 g/mol. The largest absolute Gasteiger partial charge is 0.316 e. The molecule has 4 N–H and O–H groups in total. The van der Waals surface area contributed by atoms with Gasteiger partial charge in [-0.15, -0.1) is 0 Å². The van der Waals surface area contributed by atoms with E-state index in [1.165, 1.54) is 23.3 Å². The van der Waals surface area contributed by atoms with Crippen molar-refractivity contribution in [1.29, 1.82) is 0 Å². The number of fused-ring (bicyclic) bond motifs is 1. The van der Waals surface area contributed by atoms with Gasteiger partial charge in [-0.05, 0) is 57.2 Å². The van der Waals surface area contributed by atoms with Gasteiger partial charge in [0, 0.05) is 18.4 Å². The molecule has 0 aliphatic carbocycles. The van der Waals surface area contributed by atoms with E-state index >= 15 is 0 Å². The van der Waals surface area contributed by atoms with Gasteiger partial charge < -0.3 is 5.73 Å². The molecule has 1 aromatic heterocycles. The molecule has 10 heteroatoms. The minimum atomic E-state index is -3.87. The number of sulfone groups is 1. The highest BCUT2D eigenvalue weighted by atomic mass is 32.2. The van der Waals surface area contributed by atoms with Crippen LogP contribution in [0.4, 0.5) is 0 Å². The number of rotatable bonds is 5. The summed E-state index contributed by atoms with van der Waals surface area (Å²) >= 11 is 0. The summed E-state index contributed by atoms with van der Waals surface area (Å²) in [7, 11) is -3.87. The van der Waals surface area contributed by atoms with E-state index in [1.807, 2.05) is 0 Å². The first-order chi connectivity index (χ1) is 14.3. The van der Waals surface area contributed by atoms with Gasteiger partial charge in [-0.3, -0.25) is 19.4 Å². The Labute approximate surface area is 180 Å². The zero-order valence-corrected chi connectivity index (χ0v) is 18.5. The van der Waals surface area contributed by atoms with Crippen LogP contribution < -0.4 is 16.8 Å². The second-order valence-corrected chi connectivity index (χ2v) is 10.3. The van der Waals surface area contributed by atoms with E-state index in [4.69, 9.17) is 10.9 Å². The van der Waals surface area contributed by atoms with Crippen LogP contribution in [-0.2, 0) is 21.2 Å². The average molecular weight is 445 g/mol. The standard InChI is InChI=1S/C21H24N4O5S/c1-20(2,22)10-6-5-7-15-8-9-16-17(13-15)23-14-25(18(16)26)12-11-21(3,19(27)24-28)31(4,29)30/h8-9,13-14,28H,11-12,22H2,1-4H3,(H,24,27). The van der Waals surface area contributed by atoms with Gasteiger partial charge in [0.15, 0.2) is 14.6 Å². The molecule has 164 valence electrons. The van der Waals surface area contributed by atoms with E-state index < -0.39 is 31.6 Å². The molecule has 0 radical (unpaired) electrons. The number of hydroxylamine groups is 1. The maximum absolute atomic E-state index is 12.8. The highest BCUT2D eigenvalue weighted by molar-refractivity contribution is 7.92. The van der Waals surface area contributed by atoms with Gasteiger partial charge in [0.1, 0.15) is 0 Å². The summed E-state index contributed by atoms with van der Waals surface area (Å²) in [4.78, 5) is 28.9. The molecule has 0 bridgehead atoms. The molecule has 0 fully saturated rings. The lowest BCUT2D eigenvalue weighted by atomic mass is 10.1. The lowest BCUT2D eigenvalue weighted by Crippen LogP contribution is -2.50. The molecule has 0 saturated carbocycles. The van der Waals surface area contributed by atoms with Crippen LogP contribution in [0.2, 0.25) is 0 Å². The predicted molar refractivity (Wildman–Crippen MR) is 117 cm³/mol. The smallest absolute Gasteiger partial charge is 0.264 e. The Hall–Kier alpha value is -3.18. The summed E-state index contributed by atoms with van der Waals surface area (Å²) in [5.41, 5.74) is 7.14. The molecular formula is C21H24N4O5S. The van der Waals surface area contributed by atoms with E-state index in [0.717, 1.165) is 6.26 Å². The molecule has 0 aliphatic heterocycles. The number of aryl methyl sites for hydroxylation is 1. The summed E-state index contributed by atoms with van der Waals surface area (Å²) in [6, 6.07) is 4.86. The fourth-order valence-corrected chi connectivity index (χ4v) is 3.45. The van der Waals surface area contributed by atoms with Crippen molar-refractivity contribution in [2.75, 3.05) is 6.26 Å². The Kier molecular flexibility index (Phi) is 6.92. The Morgan fingerprint density at radius 1 is 1.29 bits per heavy atom. The SMILES string of the molecule is CC(C)(N)C#CC#Cc1ccc2c(=O)n(CCC(C)(C(=O)NO)S(C)(=O)=O)cnc2c1. The minimum Gasteiger partial charge on any atom is -0.316 e. The molecule has 1 unspecified atom stereocenters. The summed E-state index contributed by atoms with van der Waals surface area (Å²) < 4.78 is 23.4. The van der Waals surface area contributed by atoms with Crippen LogP contribution in [0.3, 0.4) is 0 Å². The summed E-state index contributed by atoms with van der Waals surface area (Å²) in [6.45, 7) is 4.63. The second-order valence-electron chi connectivity index (χ2n) is 7.89. The van der Waals surface area contributed by atoms with Crippen molar-refractivity contribution in [3.63, 3.8) is 0 Å². The van der Waals surface area contributed by atoms with Crippen LogP contribution in [0.15, 0.2) is 29.3 Å². The number of benzene rings is 1. The van der Waals surface area contributed by atoms with Crippen LogP contribution in [0.25, 0.3) is 10.9 Å². The normalized spacial score (nSPS) is 13.4. The quantitative estimate of drug-likeness (QED) is 0.339. The topological polar surface area (TPSA) is 144 Å². The Morgan fingerprint density at radius 3 is 2.55 bits per heavy atom. The fraction of sp³-hybridized carbons (Fsp3) is 0.381. The van der Waals surface area contributed by atoms with Crippen LogP contribution >= 0.6 is 0 Å². The Bertz CT molecular complexity index is 1300. The molecule has 0 aliphatic rings. The third kappa shape index (κ3) is 5.70. The Morgan fingerprint density at radius 2 is 1.97 bits per heavy atom. The van der Waals surface area contributed by atoms with Crippen molar-refractivity contribution in [3.8, 4) is 23.7 Å². The van der Waals surface area contributed by atoms with Crippen LogP contribution in [-0.4, -0.2) is 45.6 Å². The number of carbonyl (C=O) groups excluding carboxylic acids is 1.